The van der Waals surface area contributed by atoms with Gasteiger partial charge in [-0.2, -0.15) is 0 Å². The Labute approximate surface area is 126 Å². The van der Waals surface area contributed by atoms with Gasteiger partial charge in [-0.05, 0) is 37.5 Å². The fourth-order valence-corrected chi connectivity index (χ4v) is 4.10. The Balaban J connectivity index is 2.11. The lowest BCUT2D eigenvalue weighted by atomic mass is 10.1. The molecular weight excluding hydrogens is 288 g/mol. The Morgan fingerprint density at radius 2 is 2.14 bits per heavy atom. The molecule has 1 aliphatic rings. The average Bonchev–Trinajstić information content (AvgIpc) is 2.41. The minimum atomic E-state index is -2.93. The fourth-order valence-electron chi connectivity index (χ4n) is 2.46. The number of carbonyl (C=O) groups excluding carboxylic acids is 1. The first-order valence-corrected chi connectivity index (χ1v) is 9.09. The summed E-state index contributed by atoms with van der Waals surface area (Å²) in [7, 11) is -2.93. The van der Waals surface area contributed by atoms with Crippen molar-refractivity contribution in [2.24, 2.45) is 0 Å². The van der Waals surface area contributed by atoms with E-state index in [4.69, 9.17) is 0 Å². The van der Waals surface area contributed by atoms with Gasteiger partial charge in [-0.25, -0.2) is 8.42 Å². The highest BCUT2D eigenvalue weighted by Gasteiger charge is 2.24. The number of sulfone groups is 1. The second kappa shape index (κ2) is 6.47. The molecule has 0 saturated carbocycles. The molecule has 1 amide bonds. The number of amides is 1. The normalized spacial score (nSPS) is 20.8. The number of hydrogen-bond donors (Lipinski definition) is 2. The van der Waals surface area contributed by atoms with Gasteiger partial charge in [0.2, 0.25) is 5.91 Å². The number of benzene rings is 1. The molecule has 0 aliphatic carbocycles. The van der Waals surface area contributed by atoms with Crippen LogP contribution < -0.4 is 10.6 Å². The monoisotopic (exact) mass is 310 g/mol. The number of rotatable bonds is 4. The van der Waals surface area contributed by atoms with Gasteiger partial charge in [0.05, 0.1) is 11.5 Å². The van der Waals surface area contributed by atoms with Crippen LogP contribution in [0.3, 0.4) is 0 Å². The second-order valence-corrected chi connectivity index (χ2v) is 7.76. The lowest BCUT2D eigenvalue weighted by Gasteiger charge is -2.25. The van der Waals surface area contributed by atoms with E-state index in [1.807, 2.05) is 25.1 Å². The van der Waals surface area contributed by atoms with Gasteiger partial charge in [-0.3, -0.25) is 4.79 Å². The van der Waals surface area contributed by atoms with Gasteiger partial charge < -0.3 is 10.6 Å². The summed E-state index contributed by atoms with van der Waals surface area (Å²) < 4.78 is 23.4. The van der Waals surface area contributed by atoms with E-state index in [0.717, 1.165) is 23.4 Å². The van der Waals surface area contributed by atoms with Crippen LogP contribution in [-0.2, 0) is 14.6 Å². The molecule has 0 radical (unpaired) electrons. The van der Waals surface area contributed by atoms with Crippen LogP contribution in [0.1, 0.15) is 31.7 Å². The zero-order valence-electron chi connectivity index (χ0n) is 12.5. The largest absolute Gasteiger partial charge is 0.381 e. The molecule has 2 rings (SSSR count). The van der Waals surface area contributed by atoms with Crippen molar-refractivity contribution in [1.29, 1.82) is 0 Å². The second-order valence-electron chi connectivity index (χ2n) is 5.53. The van der Waals surface area contributed by atoms with E-state index >= 15 is 0 Å². The maximum atomic E-state index is 11.7. The van der Waals surface area contributed by atoms with Crippen LogP contribution >= 0.6 is 0 Å². The first-order valence-electron chi connectivity index (χ1n) is 7.27. The van der Waals surface area contributed by atoms with E-state index in [9.17, 15) is 13.2 Å². The van der Waals surface area contributed by atoms with Crippen LogP contribution in [0.5, 0.6) is 0 Å². The summed E-state index contributed by atoms with van der Waals surface area (Å²) in [5.41, 5.74) is 2.65. The molecule has 0 aromatic heterocycles. The number of carbonyl (C=O) groups is 1. The molecule has 116 valence electrons. The summed E-state index contributed by atoms with van der Waals surface area (Å²) in [5, 5.41) is 6.12. The van der Waals surface area contributed by atoms with Gasteiger partial charge in [-0.15, -0.1) is 0 Å². The van der Waals surface area contributed by atoms with E-state index < -0.39 is 9.84 Å². The summed E-state index contributed by atoms with van der Waals surface area (Å²) in [6, 6.07) is 5.58. The summed E-state index contributed by atoms with van der Waals surface area (Å²) in [6.45, 7) is 3.76. The molecule has 21 heavy (non-hydrogen) atoms. The van der Waals surface area contributed by atoms with Gasteiger partial charge in [0, 0.05) is 23.8 Å². The third-order valence-corrected chi connectivity index (χ3v) is 5.49. The van der Waals surface area contributed by atoms with E-state index in [2.05, 4.69) is 10.6 Å². The van der Waals surface area contributed by atoms with Crippen molar-refractivity contribution in [2.45, 2.75) is 39.2 Å². The zero-order chi connectivity index (χ0) is 15.5. The van der Waals surface area contributed by atoms with Crippen LogP contribution in [0.25, 0.3) is 0 Å². The van der Waals surface area contributed by atoms with Gasteiger partial charge >= 0.3 is 0 Å². The summed E-state index contributed by atoms with van der Waals surface area (Å²) in [5.74, 6) is 0.430. The fraction of sp³-hybridized carbons (Fsp3) is 0.533. The van der Waals surface area contributed by atoms with Crippen molar-refractivity contribution >= 4 is 27.1 Å². The Morgan fingerprint density at radius 1 is 1.38 bits per heavy atom. The Kier molecular flexibility index (Phi) is 4.88. The van der Waals surface area contributed by atoms with Crippen molar-refractivity contribution in [3.63, 3.8) is 0 Å². The Hall–Kier alpha value is -1.56. The highest BCUT2D eigenvalue weighted by Crippen LogP contribution is 2.24. The average molecular weight is 310 g/mol. The number of anilines is 2. The highest BCUT2D eigenvalue weighted by molar-refractivity contribution is 7.91. The SMILES string of the molecule is CCC(=O)Nc1ccc(C)c(NC2CCCS(=O)(=O)C2)c1. The van der Waals surface area contributed by atoms with Gasteiger partial charge in [-0.1, -0.05) is 13.0 Å². The van der Waals surface area contributed by atoms with Crippen LogP contribution in [0.4, 0.5) is 11.4 Å². The minimum absolute atomic E-state index is 0.0370. The van der Waals surface area contributed by atoms with Crippen molar-refractivity contribution < 1.29 is 13.2 Å². The molecule has 6 heteroatoms. The molecule has 0 spiro atoms. The maximum absolute atomic E-state index is 11.7. The highest BCUT2D eigenvalue weighted by atomic mass is 32.2. The van der Waals surface area contributed by atoms with E-state index in [-0.39, 0.29) is 23.5 Å². The minimum Gasteiger partial charge on any atom is -0.381 e. The third-order valence-electron chi connectivity index (χ3n) is 3.67. The Morgan fingerprint density at radius 3 is 2.81 bits per heavy atom. The molecule has 1 saturated heterocycles. The first-order chi connectivity index (χ1) is 9.89. The van der Waals surface area contributed by atoms with Gasteiger partial charge in [0.25, 0.3) is 0 Å². The first kappa shape index (κ1) is 15.8. The molecule has 1 heterocycles. The molecule has 1 atom stereocenters. The third kappa shape index (κ3) is 4.46. The van der Waals surface area contributed by atoms with Crippen LogP contribution in [-0.4, -0.2) is 31.9 Å². The molecule has 1 aromatic rings. The predicted molar refractivity (Wildman–Crippen MR) is 85.4 cm³/mol. The number of hydrogen-bond acceptors (Lipinski definition) is 4. The summed E-state index contributed by atoms with van der Waals surface area (Å²) in [4.78, 5) is 11.4. The predicted octanol–water partition coefficient (Wildman–Crippen LogP) is 2.33. The number of aryl methyl sites for hydroxylation is 1. The lowest BCUT2D eigenvalue weighted by Crippen LogP contribution is -2.35. The Bertz CT molecular complexity index is 626. The molecule has 1 aromatic carbocycles. The van der Waals surface area contributed by atoms with Crippen molar-refractivity contribution in [2.75, 3.05) is 22.1 Å². The van der Waals surface area contributed by atoms with Gasteiger partial charge in [0.1, 0.15) is 0 Å². The topological polar surface area (TPSA) is 75.3 Å². The van der Waals surface area contributed by atoms with Crippen molar-refractivity contribution in [3.05, 3.63) is 23.8 Å². The smallest absolute Gasteiger partial charge is 0.224 e. The maximum Gasteiger partial charge on any atom is 0.224 e. The standard InChI is InChI=1S/C15H22N2O3S/c1-3-15(18)17-12-7-6-11(2)14(9-12)16-13-5-4-8-21(19,20)10-13/h6-7,9,13,16H,3-5,8,10H2,1-2H3,(H,17,18). The number of nitrogens with one attached hydrogen (secondary N) is 2. The molecule has 5 nitrogen and oxygen atoms in total. The van der Waals surface area contributed by atoms with Crippen LogP contribution in [0.2, 0.25) is 0 Å². The lowest BCUT2D eigenvalue weighted by molar-refractivity contribution is -0.115. The zero-order valence-corrected chi connectivity index (χ0v) is 13.3. The van der Waals surface area contributed by atoms with Crippen molar-refractivity contribution in [1.82, 2.24) is 0 Å². The van der Waals surface area contributed by atoms with Crippen molar-refractivity contribution in [3.8, 4) is 0 Å². The van der Waals surface area contributed by atoms with E-state index in [1.54, 1.807) is 6.92 Å². The molecular formula is C15H22N2O3S. The summed E-state index contributed by atoms with van der Waals surface area (Å²) in [6.07, 6.45) is 1.98. The molecule has 2 N–H and O–H groups in total. The molecule has 1 aliphatic heterocycles. The summed E-state index contributed by atoms with van der Waals surface area (Å²) >= 11 is 0. The molecule has 1 unspecified atom stereocenters. The van der Waals surface area contributed by atoms with Gasteiger partial charge in [0.15, 0.2) is 9.84 Å². The van der Waals surface area contributed by atoms with E-state index in [0.29, 0.717) is 12.8 Å². The quantitative estimate of drug-likeness (QED) is 0.895. The van der Waals surface area contributed by atoms with Crippen LogP contribution in [0.15, 0.2) is 18.2 Å². The van der Waals surface area contributed by atoms with Crippen LogP contribution in [0, 0.1) is 6.92 Å². The molecule has 1 fully saturated rings. The van der Waals surface area contributed by atoms with E-state index in [1.165, 1.54) is 0 Å². The molecule has 0 bridgehead atoms.